The second kappa shape index (κ2) is 6.92. The van der Waals surface area contributed by atoms with E-state index in [1.807, 2.05) is 0 Å². The first-order chi connectivity index (χ1) is 3.91. The van der Waals surface area contributed by atoms with Gasteiger partial charge in [0.25, 0.3) is 0 Å². The van der Waals surface area contributed by atoms with Crippen molar-refractivity contribution in [3.63, 3.8) is 0 Å². The second-order valence-electron chi connectivity index (χ2n) is 1.89. The van der Waals surface area contributed by atoms with Crippen LogP contribution in [-0.4, -0.2) is 19.6 Å². The van der Waals surface area contributed by atoms with Gasteiger partial charge in [-0.15, -0.1) is 0 Å². The summed E-state index contributed by atoms with van der Waals surface area (Å²) in [4.78, 5) is 0. The first kappa shape index (κ1) is 7.92. The molecule has 0 aromatic heterocycles. The molecule has 0 bridgehead atoms. The van der Waals surface area contributed by atoms with Gasteiger partial charge in [-0.05, 0) is 32.5 Å². The van der Waals surface area contributed by atoms with Crippen molar-refractivity contribution in [2.45, 2.75) is 19.8 Å². The summed E-state index contributed by atoms with van der Waals surface area (Å²) in [6, 6.07) is 0. The van der Waals surface area contributed by atoms with Gasteiger partial charge >= 0.3 is 0 Å². The molecule has 0 aliphatic rings. The van der Waals surface area contributed by atoms with Crippen LogP contribution < -0.4 is 11.1 Å². The number of rotatable bonds is 5. The van der Waals surface area contributed by atoms with Crippen LogP contribution in [0.4, 0.5) is 0 Å². The zero-order valence-corrected chi connectivity index (χ0v) is 5.61. The highest BCUT2D eigenvalue weighted by molar-refractivity contribution is 4.45. The minimum Gasteiger partial charge on any atom is -0.330 e. The Kier molecular flexibility index (Phi) is 6.85. The molecule has 0 spiro atoms. The van der Waals surface area contributed by atoms with Crippen LogP contribution in [0.1, 0.15) is 19.8 Å². The molecule has 3 N–H and O–H groups in total. The van der Waals surface area contributed by atoms with Crippen LogP contribution in [0.3, 0.4) is 0 Å². The molecule has 0 unspecified atom stereocenters. The third-order valence-electron chi connectivity index (χ3n) is 0.984. The Morgan fingerprint density at radius 2 is 2.12 bits per heavy atom. The molecule has 50 valence electrons. The maximum Gasteiger partial charge on any atom is -0.00369 e. The third-order valence-corrected chi connectivity index (χ3v) is 0.984. The van der Waals surface area contributed by atoms with Gasteiger partial charge in [0.15, 0.2) is 0 Å². The zero-order valence-electron chi connectivity index (χ0n) is 5.61. The van der Waals surface area contributed by atoms with Gasteiger partial charge in [0.2, 0.25) is 0 Å². The maximum absolute atomic E-state index is 5.27. The summed E-state index contributed by atoms with van der Waals surface area (Å²) in [5, 5.41) is 3.26. The quantitative estimate of drug-likeness (QED) is 0.508. The van der Waals surface area contributed by atoms with Crippen LogP contribution in [0.15, 0.2) is 0 Å². The van der Waals surface area contributed by atoms with Crippen molar-refractivity contribution in [1.82, 2.24) is 5.32 Å². The van der Waals surface area contributed by atoms with Gasteiger partial charge in [-0.3, -0.25) is 0 Å². The third kappa shape index (κ3) is 5.92. The largest absolute Gasteiger partial charge is 0.330 e. The van der Waals surface area contributed by atoms with Gasteiger partial charge in [0, 0.05) is 0 Å². The molecule has 0 fully saturated rings. The molecule has 0 saturated carbocycles. The summed E-state index contributed by atoms with van der Waals surface area (Å²) in [6.07, 6.45) is 2.31. The van der Waals surface area contributed by atoms with Crippen LogP contribution in [-0.2, 0) is 0 Å². The van der Waals surface area contributed by atoms with Crippen LogP contribution in [0.5, 0.6) is 0 Å². The van der Waals surface area contributed by atoms with E-state index in [1.54, 1.807) is 0 Å². The highest BCUT2D eigenvalue weighted by Gasteiger charge is 1.80. The standard InChI is InChI=1S/C6H16N2/c1-2-5-8-6-3-4-7/h8H,2-7H2,1H3. The molecule has 0 aliphatic heterocycles. The molecule has 0 saturated heterocycles. The summed E-state index contributed by atoms with van der Waals surface area (Å²) in [6.45, 7) is 5.16. The van der Waals surface area contributed by atoms with Crippen molar-refractivity contribution in [2.75, 3.05) is 19.6 Å². The second-order valence-corrected chi connectivity index (χ2v) is 1.89. The normalized spacial score (nSPS) is 9.75. The minimum absolute atomic E-state index is 0.802. The predicted octanol–water partition coefficient (Wildman–Crippen LogP) is 0.335. The van der Waals surface area contributed by atoms with Gasteiger partial charge in [-0.25, -0.2) is 0 Å². The monoisotopic (exact) mass is 116 g/mol. The fourth-order valence-corrected chi connectivity index (χ4v) is 0.529. The van der Waals surface area contributed by atoms with Crippen molar-refractivity contribution >= 4 is 0 Å². The molecular weight excluding hydrogens is 100 g/mol. The lowest BCUT2D eigenvalue weighted by Crippen LogP contribution is -2.18. The van der Waals surface area contributed by atoms with Crippen molar-refractivity contribution in [3.8, 4) is 0 Å². The Morgan fingerprint density at radius 1 is 1.38 bits per heavy atom. The lowest BCUT2D eigenvalue weighted by molar-refractivity contribution is 0.645. The lowest BCUT2D eigenvalue weighted by Gasteiger charge is -1.98. The number of hydrogen-bond acceptors (Lipinski definition) is 2. The lowest BCUT2D eigenvalue weighted by atomic mass is 10.4. The Morgan fingerprint density at radius 3 is 2.62 bits per heavy atom. The summed E-state index contributed by atoms with van der Waals surface area (Å²) in [5.41, 5.74) is 5.27. The van der Waals surface area contributed by atoms with Crippen LogP contribution in [0.25, 0.3) is 0 Å². The first-order valence-electron chi connectivity index (χ1n) is 3.32. The zero-order chi connectivity index (χ0) is 6.24. The molecule has 0 aromatic carbocycles. The highest BCUT2D eigenvalue weighted by Crippen LogP contribution is 1.71. The smallest absolute Gasteiger partial charge is 0.00369 e. The van der Waals surface area contributed by atoms with Crippen LogP contribution >= 0.6 is 0 Å². The first-order valence-corrected chi connectivity index (χ1v) is 3.32. The maximum atomic E-state index is 5.27. The Hall–Kier alpha value is -0.0800. The molecule has 0 heterocycles. The minimum atomic E-state index is 0.802. The van der Waals surface area contributed by atoms with Gasteiger partial charge < -0.3 is 11.1 Å². The Labute approximate surface area is 51.5 Å². The van der Waals surface area contributed by atoms with E-state index in [1.165, 1.54) is 6.42 Å². The predicted molar refractivity (Wildman–Crippen MR) is 36.8 cm³/mol. The molecule has 0 amide bonds. The van der Waals surface area contributed by atoms with E-state index in [9.17, 15) is 0 Å². The van der Waals surface area contributed by atoms with Gasteiger partial charge in [0.1, 0.15) is 0 Å². The van der Waals surface area contributed by atoms with Crippen molar-refractivity contribution in [2.24, 2.45) is 5.73 Å². The molecule has 0 rings (SSSR count). The number of nitrogens with two attached hydrogens (primary N) is 1. The summed E-state index contributed by atoms with van der Waals surface area (Å²) < 4.78 is 0. The topological polar surface area (TPSA) is 38.0 Å². The Balaban J connectivity index is 2.53. The fourth-order valence-electron chi connectivity index (χ4n) is 0.529. The van der Waals surface area contributed by atoms with Gasteiger partial charge in [0.05, 0.1) is 0 Å². The molecule has 0 radical (unpaired) electrons. The molecule has 0 atom stereocenters. The number of hydrogen-bond donors (Lipinski definition) is 2. The molecule has 0 aromatic rings. The van der Waals surface area contributed by atoms with Crippen molar-refractivity contribution < 1.29 is 0 Å². The van der Waals surface area contributed by atoms with E-state index in [0.29, 0.717) is 0 Å². The Bertz CT molecular complexity index is 31.5. The van der Waals surface area contributed by atoms with E-state index in [0.717, 1.165) is 26.1 Å². The molecule has 0 aliphatic carbocycles. The molecule has 8 heavy (non-hydrogen) atoms. The van der Waals surface area contributed by atoms with Crippen molar-refractivity contribution in [1.29, 1.82) is 0 Å². The van der Waals surface area contributed by atoms with E-state index >= 15 is 0 Å². The van der Waals surface area contributed by atoms with E-state index < -0.39 is 0 Å². The van der Waals surface area contributed by atoms with Gasteiger partial charge in [-0.2, -0.15) is 0 Å². The van der Waals surface area contributed by atoms with E-state index in [2.05, 4.69) is 12.2 Å². The average Bonchev–Trinajstić information content (AvgIpc) is 1.81. The molecular formula is C6H16N2. The molecule has 2 nitrogen and oxygen atoms in total. The highest BCUT2D eigenvalue weighted by atomic mass is 14.8. The summed E-state index contributed by atoms with van der Waals surface area (Å²) >= 11 is 0. The SMILES string of the molecule is CCCNCCCN. The molecule has 2 heteroatoms. The fraction of sp³-hybridized carbons (Fsp3) is 1.00. The average molecular weight is 116 g/mol. The number of nitrogens with one attached hydrogen (secondary N) is 1. The van der Waals surface area contributed by atoms with Crippen LogP contribution in [0.2, 0.25) is 0 Å². The van der Waals surface area contributed by atoms with Crippen LogP contribution in [0, 0.1) is 0 Å². The summed E-state index contributed by atoms with van der Waals surface area (Å²) in [5.74, 6) is 0. The summed E-state index contributed by atoms with van der Waals surface area (Å²) in [7, 11) is 0. The van der Waals surface area contributed by atoms with E-state index in [-0.39, 0.29) is 0 Å². The van der Waals surface area contributed by atoms with Gasteiger partial charge in [-0.1, -0.05) is 6.92 Å². The van der Waals surface area contributed by atoms with E-state index in [4.69, 9.17) is 5.73 Å². The van der Waals surface area contributed by atoms with Crippen molar-refractivity contribution in [3.05, 3.63) is 0 Å².